The minimum absolute atomic E-state index is 0.466. The van der Waals surface area contributed by atoms with E-state index in [1.807, 2.05) is 91.0 Å². The van der Waals surface area contributed by atoms with Gasteiger partial charge in [0, 0.05) is 66.8 Å². The van der Waals surface area contributed by atoms with Gasteiger partial charge >= 0.3 is 0 Å². The lowest BCUT2D eigenvalue weighted by Gasteiger charge is -2.40. The number of nitrogens with zero attached hydrogens (tertiary/aromatic N) is 8. The maximum absolute atomic E-state index is 10.8. The number of aromatic nitrogens is 6. The van der Waals surface area contributed by atoms with Gasteiger partial charge in [0.1, 0.15) is 35.1 Å². The van der Waals surface area contributed by atoms with E-state index in [-0.39, 0.29) is 0 Å². The van der Waals surface area contributed by atoms with Crippen LogP contribution in [0.3, 0.4) is 0 Å². The molecular formula is C106H62N8O2. The predicted molar refractivity (Wildman–Crippen MR) is 457 cm³/mol. The minimum Gasteiger partial charge on any atom is -0.455 e. The first-order valence-electron chi connectivity index (χ1n) is 38.7. The Balaban J connectivity index is 0.605. The smallest absolute Gasteiger partial charge is 0.164 e. The molecule has 10 nitrogen and oxygen atoms in total. The van der Waals surface area contributed by atoms with Crippen molar-refractivity contribution in [2.75, 3.05) is 0 Å². The Hall–Kier alpha value is -15.9. The highest BCUT2D eigenvalue weighted by Crippen LogP contribution is 2.66. The van der Waals surface area contributed by atoms with Crippen LogP contribution in [0.4, 0.5) is 0 Å². The SMILES string of the molecule is N#Cc1cccc2c1Oc1c(-c3cccc(-c4cccc(-c5nc(-c6ccccc6)nc(-c6ccc(-c7cccc(-c8nc(-c9ccc(-c%10ccccc%10)cc9)nc(-c9cccc(-c%10cccc%11c%10Oc%10c(C#N)cccc%10C%11%10c%11ccccc%11-c%11ccccc%11%10)c9)n8)c7)cc6)n5)c4)c3)cccc1C21c2ccccc2-c2ccccc21. The molecule has 4 aliphatic rings. The maximum Gasteiger partial charge on any atom is 0.164 e. The third-order valence-corrected chi connectivity index (χ3v) is 23.4. The van der Waals surface area contributed by atoms with Crippen molar-refractivity contribution < 1.29 is 9.47 Å². The highest BCUT2D eigenvalue weighted by Gasteiger charge is 2.54. The van der Waals surface area contributed by atoms with Crippen LogP contribution in [0.25, 0.3) is 146 Å². The normalized spacial score (nSPS) is 12.9. The quantitative estimate of drug-likeness (QED) is 0.123. The largest absolute Gasteiger partial charge is 0.455 e. The highest BCUT2D eigenvalue weighted by atomic mass is 16.5. The highest BCUT2D eigenvalue weighted by molar-refractivity contribution is 5.94. The summed E-state index contributed by atoms with van der Waals surface area (Å²) in [5.41, 5.74) is 27.3. The van der Waals surface area contributed by atoms with Crippen LogP contribution in [0.1, 0.15) is 55.6 Å². The number of benzene rings is 16. The summed E-state index contributed by atoms with van der Waals surface area (Å²) < 4.78 is 14.3. The first kappa shape index (κ1) is 67.1. The van der Waals surface area contributed by atoms with Crippen LogP contribution in [0.2, 0.25) is 0 Å². The van der Waals surface area contributed by atoms with Crippen LogP contribution in [0, 0.1) is 22.7 Å². The van der Waals surface area contributed by atoms with Gasteiger partial charge in [-0.15, -0.1) is 0 Å². The van der Waals surface area contributed by atoms with E-state index in [0.29, 0.717) is 63.3 Å². The third kappa shape index (κ3) is 10.6. The Morgan fingerprint density at radius 1 is 0.181 bits per heavy atom. The number of ether oxygens (including phenoxy) is 2. The predicted octanol–water partition coefficient (Wildman–Crippen LogP) is 25.1. The lowest BCUT2D eigenvalue weighted by molar-refractivity contribution is 0.436. The lowest BCUT2D eigenvalue weighted by Crippen LogP contribution is -2.32. The summed E-state index contributed by atoms with van der Waals surface area (Å²) >= 11 is 0. The molecule has 2 spiro atoms. The zero-order valence-corrected chi connectivity index (χ0v) is 62.2. The molecule has 0 unspecified atom stereocenters. The fourth-order valence-corrected chi connectivity index (χ4v) is 18.3. The zero-order chi connectivity index (χ0) is 77.0. The molecule has 0 fully saturated rings. The standard InChI is InChI=1S/C106H62N8O2/c107-63-79-35-19-47-91-95(79)115-97-81(41-21-49-93(97)105(91)87-43-11-7-37-83(87)84-38-8-12-44-88(84)105)74-30-15-28-72(59-74)73-29-17-33-77(61-73)102-110-99(68-25-5-2-6-26-68)109-100(111-102)70-57-53-67(54-58-70)71-27-16-32-76(60-71)103-112-101(69-55-51-66(52-56-69)65-23-3-1-4-24-65)113-104(114-103)78-34-18-31-75(62-78)82-42-22-50-94-98(82)116-96-80(64-108)36-20-48-92(96)106(94)89-45-13-9-39-85(89)86-40-10-14-46-90(86)106/h1-62H. The van der Waals surface area contributed by atoms with Gasteiger partial charge in [0.2, 0.25) is 0 Å². The van der Waals surface area contributed by atoms with Gasteiger partial charge in [-0.05, 0) is 125 Å². The van der Waals surface area contributed by atoms with Gasteiger partial charge in [-0.25, -0.2) is 29.9 Å². The summed E-state index contributed by atoms with van der Waals surface area (Å²) in [6, 6.07) is 135. The molecule has 0 bridgehead atoms. The molecule has 10 heteroatoms. The van der Waals surface area contributed by atoms with Crippen molar-refractivity contribution in [3.05, 3.63) is 432 Å². The van der Waals surface area contributed by atoms with Gasteiger partial charge in [0.05, 0.1) is 22.0 Å². The molecule has 4 heterocycles. The fourth-order valence-electron chi connectivity index (χ4n) is 18.3. The van der Waals surface area contributed by atoms with Gasteiger partial charge in [0.15, 0.2) is 34.9 Å². The Labute approximate surface area is 669 Å². The zero-order valence-electron chi connectivity index (χ0n) is 62.2. The van der Waals surface area contributed by atoms with Gasteiger partial charge in [-0.1, -0.05) is 340 Å². The molecule has 538 valence electrons. The summed E-state index contributed by atoms with van der Waals surface area (Å²) in [6.45, 7) is 0. The van der Waals surface area contributed by atoms with Crippen molar-refractivity contribution in [2.45, 2.75) is 10.8 Å². The van der Waals surface area contributed by atoms with Gasteiger partial charge < -0.3 is 9.47 Å². The molecule has 16 aromatic carbocycles. The molecule has 22 rings (SSSR count). The van der Waals surface area contributed by atoms with E-state index in [0.717, 1.165) is 150 Å². The monoisotopic (exact) mass is 1480 g/mol. The van der Waals surface area contributed by atoms with E-state index in [1.54, 1.807) is 0 Å². The van der Waals surface area contributed by atoms with Gasteiger partial charge in [0.25, 0.3) is 0 Å². The molecule has 2 aliphatic heterocycles. The molecule has 0 N–H and O–H groups in total. The first-order valence-corrected chi connectivity index (χ1v) is 38.7. The van der Waals surface area contributed by atoms with E-state index >= 15 is 0 Å². The Morgan fingerprint density at radius 3 is 0.784 bits per heavy atom. The molecule has 0 atom stereocenters. The van der Waals surface area contributed by atoms with Crippen LogP contribution in [0.15, 0.2) is 376 Å². The van der Waals surface area contributed by atoms with Crippen LogP contribution in [-0.2, 0) is 10.8 Å². The average molecular weight is 1480 g/mol. The third-order valence-electron chi connectivity index (χ3n) is 23.4. The number of nitriles is 2. The molecule has 2 aliphatic carbocycles. The van der Waals surface area contributed by atoms with Crippen molar-refractivity contribution >= 4 is 0 Å². The summed E-state index contributed by atoms with van der Waals surface area (Å²) in [7, 11) is 0. The van der Waals surface area contributed by atoms with Crippen LogP contribution in [-0.4, -0.2) is 29.9 Å². The van der Waals surface area contributed by atoms with Crippen molar-refractivity contribution in [3.63, 3.8) is 0 Å². The Kier molecular flexibility index (Phi) is 15.6. The van der Waals surface area contributed by atoms with Crippen LogP contribution >= 0.6 is 0 Å². The second kappa shape index (κ2) is 27.0. The molecule has 18 aromatic rings. The number of hydrogen-bond donors (Lipinski definition) is 0. The van der Waals surface area contributed by atoms with Gasteiger partial charge in [-0.2, -0.15) is 10.5 Å². The summed E-state index contributed by atoms with van der Waals surface area (Å²) in [4.78, 5) is 31.6. The van der Waals surface area contributed by atoms with Crippen LogP contribution in [0.5, 0.6) is 23.0 Å². The molecule has 116 heavy (non-hydrogen) atoms. The Morgan fingerprint density at radius 2 is 0.405 bits per heavy atom. The topological polar surface area (TPSA) is 143 Å². The number of para-hydroxylation sites is 4. The minimum atomic E-state index is -0.770. The lowest BCUT2D eigenvalue weighted by atomic mass is 9.65. The number of rotatable bonds is 11. The molecule has 2 aromatic heterocycles. The van der Waals surface area contributed by atoms with E-state index in [2.05, 4.69) is 297 Å². The Bertz CT molecular complexity index is 7100. The van der Waals surface area contributed by atoms with E-state index in [1.165, 1.54) is 11.1 Å². The molecule has 0 amide bonds. The van der Waals surface area contributed by atoms with Crippen LogP contribution < -0.4 is 9.47 Å². The molecule has 0 radical (unpaired) electrons. The first-order chi connectivity index (χ1) is 57.4. The van der Waals surface area contributed by atoms with E-state index < -0.39 is 10.8 Å². The average Bonchev–Trinajstić information content (AvgIpc) is 1.20. The van der Waals surface area contributed by atoms with Crippen molar-refractivity contribution in [2.24, 2.45) is 0 Å². The van der Waals surface area contributed by atoms with Crippen molar-refractivity contribution in [3.8, 4) is 181 Å². The second-order valence-electron chi connectivity index (χ2n) is 29.7. The summed E-state index contributed by atoms with van der Waals surface area (Å²) in [6.07, 6.45) is 0. The maximum atomic E-state index is 10.8. The summed E-state index contributed by atoms with van der Waals surface area (Å²) in [5.74, 6) is 5.66. The second-order valence-corrected chi connectivity index (χ2v) is 29.7. The van der Waals surface area contributed by atoms with Gasteiger partial charge in [-0.3, -0.25) is 0 Å². The summed E-state index contributed by atoms with van der Waals surface area (Å²) in [5, 5.41) is 21.4. The number of fused-ring (bicyclic) bond motifs is 18. The fraction of sp³-hybridized carbons (Fsp3) is 0.0189. The van der Waals surface area contributed by atoms with E-state index in [4.69, 9.17) is 39.4 Å². The molecule has 0 saturated carbocycles. The number of hydrogen-bond acceptors (Lipinski definition) is 10. The molecular weight excluding hydrogens is 1420 g/mol. The van der Waals surface area contributed by atoms with Crippen molar-refractivity contribution in [1.82, 2.24) is 29.9 Å². The van der Waals surface area contributed by atoms with Crippen molar-refractivity contribution in [1.29, 1.82) is 10.5 Å². The molecule has 0 saturated heterocycles. The van der Waals surface area contributed by atoms with E-state index in [9.17, 15) is 10.5 Å².